The summed E-state index contributed by atoms with van der Waals surface area (Å²) >= 11 is 0. The predicted octanol–water partition coefficient (Wildman–Crippen LogP) is 4.52. The van der Waals surface area contributed by atoms with E-state index in [9.17, 15) is 18.8 Å². The van der Waals surface area contributed by atoms with Crippen LogP contribution in [0.4, 0.5) is 10.1 Å². The number of ketones is 1. The van der Waals surface area contributed by atoms with Gasteiger partial charge in [0.1, 0.15) is 11.6 Å². The lowest BCUT2D eigenvalue weighted by atomic mass is 10.0. The van der Waals surface area contributed by atoms with Crippen molar-refractivity contribution < 1.29 is 28.6 Å². The maximum absolute atomic E-state index is 13.1. The molecule has 0 fully saturated rings. The van der Waals surface area contributed by atoms with Gasteiger partial charge in [-0.15, -0.1) is 0 Å². The summed E-state index contributed by atoms with van der Waals surface area (Å²) in [7, 11) is 1.57. The Hall–Kier alpha value is -4.26. The number of halogens is 1. The van der Waals surface area contributed by atoms with Crippen molar-refractivity contribution in [3.05, 3.63) is 94.8 Å². The van der Waals surface area contributed by atoms with Gasteiger partial charge < -0.3 is 15.2 Å². The maximum atomic E-state index is 13.1. The van der Waals surface area contributed by atoms with Crippen LogP contribution in [0.2, 0.25) is 0 Å². The minimum absolute atomic E-state index is 0.0366. The van der Waals surface area contributed by atoms with Crippen molar-refractivity contribution in [2.24, 2.45) is 0 Å². The molecule has 3 aromatic carbocycles. The number of carbonyl (C=O) groups is 3. The smallest absolute Gasteiger partial charge is 0.377 e. The zero-order valence-electron chi connectivity index (χ0n) is 16.5. The van der Waals surface area contributed by atoms with Crippen LogP contribution < -0.4 is 10.1 Å². The number of carbonyl (C=O) groups excluding carboxylic acids is 2. The number of methoxy groups -OCH3 is 1. The number of nitrogens with one attached hydrogen (secondary N) is 1. The minimum Gasteiger partial charge on any atom is -0.497 e. The van der Waals surface area contributed by atoms with Gasteiger partial charge in [0, 0.05) is 5.56 Å². The summed E-state index contributed by atoms with van der Waals surface area (Å²) in [5.74, 6) is -3.21. The van der Waals surface area contributed by atoms with Crippen LogP contribution in [-0.2, 0) is 4.79 Å². The Kier molecular flexibility index (Phi) is 6.57. The molecular weight excluding hydrogens is 401 g/mol. The summed E-state index contributed by atoms with van der Waals surface area (Å²) in [5, 5.41) is 11.6. The molecule has 0 aliphatic heterocycles. The molecule has 0 spiro atoms. The van der Waals surface area contributed by atoms with Gasteiger partial charge in [-0.05, 0) is 59.7 Å². The Morgan fingerprint density at radius 2 is 1.61 bits per heavy atom. The first-order chi connectivity index (χ1) is 14.9. The molecule has 3 rings (SSSR count). The van der Waals surface area contributed by atoms with Crippen molar-refractivity contribution in [1.82, 2.24) is 0 Å². The lowest BCUT2D eigenvalue weighted by Gasteiger charge is -2.11. The fourth-order valence-electron chi connectivity index (χ4n) is 2.82. The zero-order valence-corrected chi connectivity index (χ0v) is 16.5. The monoisotopic (exact) mass is 419 g/mol. The molecule has 0 radical (unpaired) electrons. The van der Waals surface area contributed by atoms with Crippen molar-refractivity contribution in [3.8, 4) is 5.75 Å². The first-order valence-corrected chi connectivity index (χ1v) is 9.18. The summed E-state index contributed by atoms with van der Waals surface area (Å²) in [4.78, 5) is 35.7. The second-order valence-electron chi connectivity index (χ2n) is 6.51. The third-order valence-electron chi connectivity index (χ3n) is 4.40. The first kappa shape index (κ1) is 21.4. The van der Waals surface area contributed by atoms with Gasteiger partial charge in [-0.2, -0.15) is 0 Å². The van der Waals surface area contributed by atoms with Gasteiger partial charge in [-0.3, -0.25) is 9.59 Å². The lowest BCUT2D eigenvalue weighted by molar-refractivity contribution is -0.131. The van der Waals surface area contributed by atoms with Crippen LogP contribution in [0.1, 0.15) is 31.8 Å². The molecule has 0 saturated heterocycles. The number of benzene rings is 3. The number of Topliss-reactive ketones (excluding diaryl/α,β-unsaturated/α-hetero) is 1. The Labute approximate surface area is 177 Å². The van der Waals surface area contributed by atoms with Gasteiger partial charge >= 0.3 is 5.97 Å². The molecular formula is C24H18FNO5. The molecule has 7 heteroatoms. The summed E-state index contributed by atoms with van der Waals surface area (Å²) in [6.45, 7) is 0. The number of amides is 1. The largest absolute Gasteiger partial charge is 0.497 e. The highest BCUT2D eigenvalue weighted by atomic mass is 19.1. The van der Waals surface area contributed by atoms with E-state index in [1.807, 2.05) is 30.3 Å². The zero-order chi connectivity index (χ0) is 22.4. The predicted molar refractivity (Wildman–Crippen MR) is 115 cm³/mol. The van der Waals surface area contributed by atoms with Crippen molar-refractivity contribution in [3.63, 3.8) is 0 Å². The molecule has 0 saturated carbocycles. The number of rotatable bonds is 7. The standard InChI is InChI=1S/C24H18FNO5/c1-31-19-4-2-3-15(13-19)5-6-16-7-12-20(22(27)24(29)30)21(14-16)26-23(28)17-8-10-18(25)11-9-17/h2-14H,1H3,(H,26,28)(H,29,30)/b6-5+. The Morgan fingerprint density at radius 1 is 0.935 bits per heavy atom. The molecule has 0 aliphatic rings. The van der Waals surface area contributed by atoms with Gasteiger partial charge in [-0.25, -0.2) is 9.18 Å². The normalized spacial score (nSPS) is 10.6. The number of anilines is 1. The lowest BCUT2D eigenvalue weighted by Crippen LogP contribution is -2.18. The number of ether oxygens (including phenoxy) is 1. The van der Waals surface area contributed by atoms with E-state index in [1.165, 1.54) is 24.3 Å². The fraction of sp³-hybridized carbons (Fsp3) is 0.0417. The Bertz CT molecular complexity index is 1170. The fourth-order valence-corrected chi connectivity index (χ4v) is 2.82. The highest BCUT2D eigenvalue weighted by molar-refractivity contribution is 6.41. The number of carboxylic acid groups (broad SMARTS) is 1. The van der Waals surface area contributed by atoms with E-state index in [4.69, 9.17) is 9.84 Å². The average molecular weight is 419 g/mol. The van der Waals surface area contributed by atoms with E-state index in [1.54, 1.807) is 19.3 Å². The molecule has 0 bridgehead atoms. The van der Waals surface area contributed by atoms with Crippen molar-refractivity contribution >= 4 is 35.5 Å². The SMILES string of the molecule is COc1cccc(/C=C/c2ccc(C(=O)C(=O)O)c(NC(=O)c3ccc(F)cc3)c2)c1. The molecule has 0 atom stereocenters. The van der Waals surface area contributed by atoms with Crippen LogP contribution in [0.3, 0.4) is 0 Å². The van der Waals surface area contributed by atoms with Crippen LogP contribution in [0.5, 0.6) is 5.75 Å². The number of hydrogen-bond acceptors (Lipinski definition) is 4. The van der Waals surface area contributed by atoms with E-state index in [-0.39, 0.29) is 16.8 Å². The van der Waals surface area contributed by atoms with Crippen molar-refractivity contribution in [2.45, 2.75) is 0 Å². The molecule has 3 aromatic rings. The second-order valence-corrected chi connectivity index (χ2v) is 6.51. The minimum atomic E-state index is -1.64. The third kappa shape index (κ3) is 5.42. The molecule has 0 heterocycles. The van der Waals surface area contributed by atoms with E-state index >= 15 is 0 Å². The molecule has 0 unspecified atom stereocenters. The highest BCUT2D eigenvalue weighted by Crippen LogP contribution is 2.22. The third-order valence-corrected chi connectivity index (χ3v) is 4.40. The Balaban J connectivity index is 1.93. The second kappa shape index (κ2) is 9.49. The van der Waals surface area contributed by atoms with Gasteiger partial charge in [0.05, 0.1) is 18.4 Å². The van der Waals surface area contributed by atoms with Crippen LogP contribution >= 0.6 is 0 Å². The summed E-state index contributed by atoms with van der Waals surface area (Å²) in [6, 6.07) is 16.6. The van der Waals surface area contributed by atoms with Crippen LogP contribution in [0.25, 0.3) is 12.2 Å². The first-order valence-electron chi connectivity index (χ1n) is 9.18. The maximum Gasteiger partial charge on any atom is 0.377 e. The molecule has 31 heavy (non-hydrogen) atoms. The van der Waals surface area contributed by atoms with E-state index < -0.39 is 23.5 Å². The van der Waals surface area contributed by atoms with Gasteiger partial charge in [-0.1, -0.05) is 30.4 Å². The topological polar surface area (TPSA) is 92.7 Å². The van der Waals surface area contributed by atoms with Crippen LogP contribution in [0, 0.1) is 5.82 Å². The van der Waals surface area contributed by atoms with Crippen LogP contribution in [-0.4, -0.2) is 29.9 Å². The van der Waals surface area contributed by atoms with Crippen LogP contribution in [0.15, 0.2) is 66.7 Å². The Morgan fingerprint density at radius 3 is 2.26 bits per heavy atom. The van der Waals surface area contributed by atoms with Gasteiger partial charge in [0.25, 0.3) is 11.7 Å². The van der Waals surface area contributed by atoms with E-state index in [0.29, 0.717) is 11.3 Å². The molecule has 156 valence electrons. The molecule has 1 amide bonds. The highest BCUT2D eigenvalue weighted by Gasteiger charge is 2.20. The molecule has 2 N–H and O–H groups in total. The summed E-state index contributed by atoms with van der Waals surface area (Å²) in [6.07, 6.45) is 3.56. The molecule has 0 aromatic heterocycles. The van der Waals surface area contributed by atoms with Gasteiger partial charge in [0.2, 0.25) is 0 Å². The number of hydrogen-bond donors (Lipinski definition) is 2. The number of carboxylic acids is 1. The van der Waals surface area contributed by atoms with Gasteiger partial charge in [0.15, 0.2) is 0 Å². The van der Waals surface area contributed by atoms with Crippen molar-refractivity contribution in [2.75, 3.05) is 12.4 Å². The molecule has 0 aliphatic carbocycles. The van der Waals surface area contributed by atoms with E-state index in [0.717, 1.165) is 17.7 Å². The number of aliphatic carboxylic acids is 1. The summed E-state index contributed by atoms with van der Waals surface area (Å²) in [5.41, 5.74) is 1.52. The van der Waals surface area contributed by atoms with Crippen molar-refractivity contribution in [1.29, 1.82) is 0 Å². The average Bonchev–Trinajstić information content (AvgIpc) is 2.78. The molecule has 6 nitrogen and oxygen atoms in total. The van der Waals surface area contributed by atoms with E-state index in [2.05, 4.69) is 5.32 Å². The summed E-state index contributed by atoms with van der Waals surface area (Å²) < 4.78 is 18.3. The quantitative estimate of drug-likeness (QED) is 0.334.